The van der Waals surface area contributed by atoms with Crippen LogP contribution in [0.2, 0.25) is 0 Å². The third-order valence-corrected chi connectivity index (χ3v) is 5.66. The third-order valence-electron chi connectivity index (χ3n) is 5.66. The molecule has 4 heteroatoms. The Morgan fingerprint density at radius 3 is 2.28 bits per heavy atom. The predicted molar refractivity (Wildman–Crippen MR) is 116 cm³/mol. The molecule has 1 radical (unpaired) electrons. The van der Waals surface area contributed by atoms with E-state index in [-0.39, 0.29) is 16.9 Å². The van der Waals surface area contributed by atoms with E-state index in [4.69, 9.17) is 14.2 Å². The second kappa shape index (κ2) is 7.42. The molecule has 2 aliphatic heterocycles. The van der Waals surface area contributed by atoms with Gasteiger partial charge < -0.3 is 9.47 Å². The Morgan fingerprint density at radius 2 is 1.69 bits per heavy atom. The van der Waals surface area contributed by atoms with Crippen molar-refractivity contribution in [3.8, 4) is 5.75 Å². The number of rotatable bonds is 3. The lowest BCUT2D eigenvalue weighted by molar-refractivity contribution is -0.133. The summed E-state index contributed by atoms with van der Waals surface area (Å²) in [7, 11) is 0. The predicted octanol–water partition coefficient (Wildman–Crippen LogP) is 5.87. The van der Waals surface area contributed by atoms with Crippen LogP contribution in [0.5, 0.6) is 5.75 Å². The van der Waals surface area contributed by atoms with Crippen LogP contribution in [0.3, 0.4) is 0 Å². The lowest BCUT2D eigenvalue weighted by Gasteiger charge is -2.25. The first kappa shape index (κ1) is 20.4. The first-order valence-electron chi connectivity index (χ1n) is 10.6. The lowest BCUT2D eigenvalue weighted by atomic mass is 9.79. The molecule has 1 fully saturated rings. The lowest BCUT2D eigenvalue weighted by Crippen LogP contribution is -2.38. The fourth-order valence-corrected chi connectivity index (χ4v) is 3.90. The molecular weight excluding hydrogens is 362 g/mol. The molecule has 2 aromatic rings. The fourth-order valence-electron chi connectivity index (χ4n) is 3.90. The Balaban J connectivity index is 1.85. The maximum Gasteiger partial charge on any atom is 0.407 e. The van der Waals surface area contributed by atoms with E-state index in [0.717, 1.165) is 30.2 Å². The minimum Gasteiger partial charge on any atom is -0.408 e. The quantitative estimate of drug-likeness (QED) is 0.610. The minimum atomic E-state index is -0.490. The first-order valence-corrected chi connectivity index (χ1v) is 10.6. The summed E-state index contributed by atoms with van der Waals surface area (Å²) in [6, 6.07) is 15.0. The Bertz CT molecular complexity index is 858. The van der Waals surface area contributed by atoms with Crippen molar-refractivity contribution in [2.75, 3.05) is 13.2 Å². The third kappa shape index (κ3) is 4.07. The number of nitrogens with zero attached hydrogens (tertiary/aromatic N) is 1. The van der Waals surface area contributed by atoms with Gasteiger partial charge in [-0.05, 0) is 27.7 Å². The van der Waals surface area contributed by atoms with Gasteiger partial charge in [-0.1, -0.05) is 65.8 Å². The van der Waals surface area contributed by atoms with Crippen molar-refractivity contribution in [1.82, 2.24) is 4.90 Å². The fraction of sp³-hybridized carbons (Fsp3) is 0.520. The normalized spacial score (nSPS) is 22.6. The van der Waals surface area contributed by atoms with Gasteiger partial charge in [0, 0.05) is 30.4 Å². The molecule has 1 saturated heterocycles. The summed E-state index contributed by atoms with van der Waals surface area (Å²) in [4.78, 5) is 2.19. The van der Waals surface area contributed by atoms with Crippen LogP contribution in [0.4, 0.5) is 11.4 Å². The molecule has 2 heterocycles. The number of hydrogen-bond acceptors (Lipinski definition) is 4. The topological polar surface area (TPSA) is 33.6 Å². The van der Waals surface area contributed by atoms with Crippen LogP contribution in [0.25, 0.3) is 0 Å². The van der Waals surface area contributed by atoms with Gasteiger partial charge in [0.1, 0.15) is 0 Å². The van der Waals surface area contributed by atoms with Crippen molar-refractivity contribution in [1.29, 1.82) is 0 Å². The molecular formula is C25H33NO3+. The van der Waals surface area contributed by atoms with Crippen molar-refractivity contribution in [2.24, 2.45) is 0 Å². The van der Waals surface area contributed by atoms with Gasteiger partial charge in [-0.15, -0.1) is 0 Å². The number of hydrogen-bond donors (Lipinski definition) is 0. The zero-order valence-electron chi connectivity index (χ0n) is 18.5. The molecule has 2 aliphatic rings. The average Bonchev–Trinajstić information content (AvgIpc) is 3.27. The smallest absolute Gasteiger partial charge is 0.407 e. The molecule has 155 valence electrons. The molecule has 0 N–H and O–H groups in total. The van der Waals surface area contributed by atoms with Gasteiger partial charge in [0.15, 0.2) is 11.4 Å². The summed E-state index contributed by atoms with van der Waals surface area (Å²) in [6.45, 7) is 14.9. The molecule has 29 heavy (non-hydrogen) atoms. The van der Waals surface area contributed by atoms with E-state index in [9.17, 15) is 0 Å². The van der Waals surface area contributed by atoms with Crippen LogP contribution in [-0.4, -0.2) is 25.7 Å². The van der Waals surface area contributed by atoms with E-state index in [2.05, 4.69) is 82.8 Å². The molecule has 0 bridgehead atoms. The molecule has 2 atom stereocenters. The molecule has 4 rings (SSSR count). The van der Waals surface area contributed by atoms with E-state index in [1.807, 2.05) is 6.07 Å². The maximum absolute atomic E-state index is 6.51. The van der Waals surface area contributed by atoms with Crippen LogP contribution < -0.4 is 9.64 Å². The van der Waals surface area contributed by atoms with Gasteiger partial charge in [-0.3, -0.25) is 4.74 Å². The second-order valence-corrected chi connectivity index (χ2v) is 10.1. The molecule has 4 nitrogen and oxygen atoms in total. The number of anilines is 2. The summed E-state index contributed by atoms with van der Waals surface area (Å²) >= 11 is 0. The van der Waals surface area contributed by atoms with Crippen molar-refractivity contribution >= 4 is 11.4 Å². The van der Waals surface area contributed by atoms with Crippen LogP contribution in [0, 0.1) is 0 Å². The highest BCUT2D eigenvalue weighted by Crippen LogP contribution is 2.49. The van der Waals surface area contributed by atoms with Crippen molar-refractivity contribution in [3.63, 3.8) is 0 Å². The van der Waals surface area contributed by atoms with E-state index in [0.29, 0.717) is 6.61 Å². The molecule has 1 unspecified atom stereocenters. The molecule has 0 amide bonds. The summed E-state index contributed by atoms with van der Waals surface area (Å²) in [5.74, 6) is 0.929. The SMILES string of the molecule is CC(C)(C)c1cc2c(c(C(C)(C)C)c1)O[C@H](OC1CCOC1)[N+]2c1ccccc1. The van der Waals surface area contributed by atoms with Gasteiger partial charge >= 0.3 is 6.41 Å². The van der Waals surface area contributed by atoms with Gasteiger partial charge in [-0.2, -0.15) is 0 Å². The van der Waals surface area contributed by atoms with Crippen molar-refractivity contribution in [2.45, 2.75) is 71.3 Å². The van der Waals surface area contributed by atoms with Gasteiger partial charge in [0.25, 0.3) is 0 Å². The van der Waals surface area contributed by atoms with Gasteiger partial charge in [0.2, 0.25) is 5.69 Å². The molecule has 0 spiro atoms. The number of benzene rings is 2. The molecule has 0 aliphatic carbocycles. The molecule has 0 aromatic heterocycles. The van der Waals surface area contributed by atoms with Crippen LogP contribution >= 0.6 is 0 Å². The molecule has 0 saturated carbocycles. The summed E-state index contributed by atoms with van der Waals surface area (Å²) in [5, 5.41) is 0. The van der Waals surface area contributed by atoms with E-state index < -0.39 is 6.41 Å². The van der Waals surface area contributed by atoms with Crippen molar-refractivity contribution < 1.29 is 14.2 Å². The largest absolute Gasteiger partial charge is 0.408 e. The van der Waals surface area contributed by atoms with Crippen LogP contribution in [-0.2, 0) is 20.3 Å². The van der Waals surface area contributed by atoms with Gasteiger partial charge in [0.05, 0.1) is 12.7 Å². The van der Waals surface area contributed by atoms with E-state index >= 15 is 0 Å². The highest BCUT2D eigenvalue weighted by molar-refractivity contribution is 5.69. The first-order chi connectivity index (χ1) is 13.6. The van der Waals surface area contributed by atoms with Crippen LogP contribution in [0.1, 0.15) is 59.1 Å². The standard InChI is InChI=1S/C25H33NO3/c1-24(2,3)17-14-20(25(4,5)6)22-21(15-17)26(18-10-8-7-9-11-18)23(29-22)28-19-12-13-27-16-19/h7-11,14-15,19,23H,12-13,16H2,1-6H3/q+1/t19?,23-/m0/s1. The Kier molecular flexibility index (Phi) is 5.22. The van der Waals surface area contributed by atoms with E-state index in [1.54, 1.807) is 0 Å². The highest BCUT2D eigenvalue weighted by atomic mass is 16.7. The average molecular weight is 396 g/mol. The Hall–Kier alpha value is -1.88. The number of fused-ring (bicyclic) bond motifs is 1. The zero-order valence-corrected chi connectivity index (χ0v) is 18.5. The highest BCUT2D eigenvalue weighted by Gasteiger charge is 2.49. The number of para-hydroxylation sites is 1. The number of ether oxygens (including phenoxy) is 3. The zero-order chi connectivity index (χ0) is 20.8. The van der Waals surface area contributed by atoms with Crippen molar-refractivity contribution in [3.05, 3.63) is 53.6 Å². The Labute approximate surface area is 174 Å². The summed E-state index contributed by atoms with van der Waals surface area (Å²) < 4.78 is 18.4. The maximum atomic E-state index is 6.51. The second-order valence-electron chi connectivity index (χ2n) is 10.1. The summed E-state index contributed by atoms with van der Waals surface area (Å²) in [6.07, 6.45) is 0.467. The molecule has 2 aromatic carbocycles. The Morgan fingerprint density at radius 1 is 0.966 bits per heavy atom. The van der Waals surface area contributed by atoms with Gasteiger partial charge in [-0.25, -0.2) is 0 Å². The van der Waals surface area contributed by atoms with E-state index in [1.165, 1.54) is 11.1 Å². The minimum absolute atomic E-state index is 0.0373. The summed E-state index contributed by atoms with van der Waals surface area (Å²) in [5.41, 5.74) is 4.66. The van der Waals surface area contributed by atoms with Crippen LogP contribution in [0.15, 0.2) is 42.5 Å². The monoisotopic (exact) mass is 395 g/mol.